The number of carboxylic acids is 1. The lowest BCUT2D eigenvalue weighted by molar-refractivity contribution is -0.142. The Balaban J connectivity index is 1.69. The maximum atomic E-state index is 11.1. The van der Waals surface area contributed by atoms with Crippen molar-refractivity contribution in [2.24, 2.45) is 5.92 Å². The van der Waals surface area contributed by atoms with Crippen LogP contribution in [0.2, 0.25) is 0 Å². The second-order valence-corrected chi connectivity index (χ2v) is 6.18. The Hall–Kier alpha value is -1.43. The summed E-state index contributed by atoms with van der Waals surface area (Å²) in [6.07, 6.45) is 6.10. The van der Waals surface area contributed by atoms with Crippen LogP contribution < -0.4 is 0 Å². The van der Waals surface area contributed by atoms with Crippen molar-refractivity contribution >= 4 is 5.97 Å². The van der Waals surface area contributed by atoms with E-state index in [4.69, 9.17) is 5.11 Å². The number of carbonyl (C=O) groups is 1. The van der Waals surface area contributed by atoms with Gasteiger partial charge in [-0.05, 0) is 32.4 Å². The molecule has 0 radical (unpaired) electrons. The average molecular weight is 292 g/mol. The number of carboxylic acid groups (broad SMARTS) is 1. The zero-order chi connectivity index (χ0) is 14.8. The van der Waals surface area contributed by atoms with Crippen molar-refractivity contribution in [3.8, 4) is 0 Å². The Morgan fingerprint density at radius 3 is 3.00 bits per heavy atom. The lowest BCUT2D eigenvalue weighted by Gasteiger charge is -2.34. The van der Waals surface area contributed by atoms with Gasteiger partial charge >= 0.3 is 5.97 Å². The number of hydrogen-bond acceptors (Lipinski definition) is 4. The molecular formula is C15H24N4O2. The van der Waals surface area contributed by atoms with Crippen molar-refractivity contribution in [2.75, 3.05) is 13.1 Å². The van der Waals surface area contributed by atoms with Crippen LogP contribution in [-0.4, -0.2) is 49.9 Å². The third-order valence-corrected chi connectivity index (χ3v) is 4.82. The van der Waals surface area contributed by atoms with E-state index in [1.54, 1.807) is 0 Å². The normalized spacial score (nSPS) is 26.5. The van der Waals surface area contributed by atoms with Crippen LogP contribution in [0.25, 0.3) is 0 Å². The fraction of sp³-hybridized carbons (Fsp3) is 0.800. The summed E-state index contributed by atoms with van der Waals surface area (Å²) in [4.78, 5) is 18.3. The highest BCUT2D eigenvalue weighted by Crippen LogP contribution is 2.22. The van der Waals surface area contributed by atoms with Crippen molar-refractivity contribution in [1.29, 1.82) is 0 Å². The van der Waals surface area contributed by atoms with Gasteiger partial charge in [-0.25, -0.2) is 9.67 Å². The van der Waals surface area contributed by atoms with Crippen LogP contribution in [0.15, 0.2) is 0 Å². The van der Waals surface area contributed by atoms with Crippen LogP contribution in [0, 0.1) is 5.92 Å². The molecule has 6 nitrogen and oxygen atoms in total. The quantitative estimate of drug-likeness (QED) is 0.907. The van der Waals surface area contributed by atoms with Gasteiger partial charge in [0.05, 0.1) is 12.5 Å². The smallest absolute Gasteiger partial charge is 0.308 e. The number of nitrogens with zero attached hydrogens (tertiary/aromatic N) is 4. The second kappa shape index (κ2) is 6.13. The van der Waals surface area contributed by atoms with Crippen molar-refractivity contribution in [1.82, 2.24) is 19.7 Å². The van der Waals surface area contributed by atoms with E-state index in [0.29, 0.717) is 19.0 Å². The predicted molar refractivity (Wildman–Crippen MR) is 78.1 cm³/mol. The molecule has 2 aliphatic rings. The summed E-state index contributed by atoms with van der Waals surface area (Å²) in [6, 6.07) is 0.545. The number of likely N-dealkylation sites (N-methyl/N-ethyl adjacent to an activating group) is 1. The first-order valence-electron chi connectivity index (χ1n) is 8.06. The maximum Gasteiger partial charge on any atom is 0.308 e. The van der Waals surface area contributed by atoms with Crippen LogP contribution in [0.3, 0.4) is 0 Å². The number of rotatable bonds is 4. The van der Waals surface area contributed by atoms with Crippen LogP contribution in [0.1, 0.15) is 44.3 Å². The predicted octanol–water partition coefficient (Wildman–Crippen LogP) is 1.34. The summed E-state index contributed by atoms with van der Waals surface area (Å²) in [5.74, 6) is 0.818. The Labute approximate surface area is 125 Å². The summed E-state index contributed by atoms with van der Waals surface area (Å²) in [5.41, 5.74) is 0. The lowest BCUT2D eigenvalue weighted by Crippen LogP contribution is -2.40. The first-order valence-corrected chi connectivity index (χ1v) is 8.06. The van der Waals surface area contributed by atoms with Gasteiger partial charge in [-0.2, -0.15) is 5.10 Å². The third-order valence-electron chi connectivity index (χ3n) is 4.82. The Bertz CT molecular complexity index is 514. The number of hydrogen-bond donors (Lipinski definition) is 1. The maximum absolute atomic E-state index is 11.1. The second-order valence-electron chi connectivity index (χ2n) is 6.18. The van der Waals surface area contributed by atoms with Gasteiger partial charge in [-0.3, -0.25) is 4.79 Å². The van der Waals surface area contributed by atoms with Crippen LogP contribution in [0.4, 0.5) is 0 Å². The van der Waals surface area contributed by atoms with Gasteiger partial charge in [0.25, 0.3) is 0 Å². The molecule has 116 valence electrons. The first kappa shape index (κ1) is 14.5. The monoisotopic (exact) mass is 292 g/mol. The van der Waals surface area contributed by atoms with Crippen LogP contribution in [-0.2, 0) is 24.2 Å². The molecule has 0 spiro atoms. The van der Waals surface area contributed by atoms with E-state index in [0.717, 1.165) is 31.0 Å². The fourth-order valence-corrected chi connectivity index (χ4v) is 3.57. The molecule has 6 heteroatoms. The van der Waals surface area contributed by atoms with Gasteiger partial charge in [-0.1, -0.05) is 13.3 Å². The zero-order valence-electron chi connectivity index (χ0n) is 12.7. The van der Waals surface area contributed by atoms with E-state index in [2.05, 4.69) is 21.9 Å². The topological polar surface area (TPSA) is 71.2 Å². The van der Waals surface area contributed by atoms with Crippen molar-refractivity contribution in [3.05, 3.63) is 11.6 Å². The average Bonchev–Trinajstić information content (AvgIpc) is 2.89. The third kappa shape index (κ3) is 3.10. The summed E-state index contributed by atoms with van der Waals surface area (Å²) in [6.45, 7) is 4.94. The van der Waals surface area contributed by atoms with Gasteiger partial charge < -0.3 is 10.0 Å². The van der Waals surface area contributed by atoms with E-state index < -0.39 is 5.97 Å². The molecule has 2 atom stereocenters. The number of fused-ring (bicyclic) bond motifs is 1. The van der Waals surface area contributed by atoms with Gasteiger partial charge in [-0.15, -0.1) is 0 Å². The van der Waals surface area contributed by atoms with Gasteiger partial charge in [0.1, 0.15) is 5.82 Å². The summed E-state index contributed by atoms with van der Waals surface area (Å²) in [7, 11) is 0. The molecule has 3 heterocycles. The molecule has 1 N–H and O–H groups in total. The number of aryl methyl sites for hydroxylation is 1. The molecule has 0 aliphatic carbocycles. The van der Waals surface area contributed by atoms with E-state index in [-0.39, 0.29) is 5.92 Å². The van der Waals surface area contributed by atoms with E-state index >= 15 is 0 Å². The number of piperidine rings is 1. The summed E-state index contributed by atoms with van der Waals surface area (Å²) >= 11 is 0. The Morgan fingerprint density at radius 1 is 1.38 bits per heavy atom. The minimum Gasteiger partial charge on any atom is -0.481 e. The standard InChI is InChI=1S/C15H24N4O2/c1-2-18-8-4-3-5-12(18)9-13-16-14-7-6-11(15(20)21)10-19(14)17-13/h11-12H,2-10H2,1H3,(H,20,21). The van der Waals surface area contributed by atoms with Crippen molar-refractivity contribution < 1.29 is 9.90 Å². The minimum atomic E-state index is -0.720. The van der Waals surface area contributed by atoms with Crippen molar-refractivity contribution in [2.45, 2.75) is 58.0 Å². The molecule has 0 amide bonds. The zero-order valence-corrected chi connectivity index (χ0v) is 12.7. The largest absolute Gasteiger partial charge is 0.481 e. The summed E-state index contributed by atoms with van der Waals surface area (Å²) < 4.78 is 1.82. The number of likely N-dealkylation sites (tertiary alicyclic amines) is 1. The molecule has 1 fully saturated rings. The highest BCUT2D eigenvalue weighted by molar-refractivity contribution is 5.70. The van der Waals surface area contributed by atoms with E-state index in [1.165, 1.54) is 25.8 Å². The Kier molecular flexibility index (Phi) is 4.24. The highest BCUT2D eigenvalue weighted by atomic mass is 16.4. The van der Waals surface area contributed by atoms with Gasteiger partial charge in [0, 0.05) is 18.9 Å². The number of aliphatic carboxylic acids is 1. The SMILES string of the molecule is CCN1CCCCC1Cc1nc2n(n1)CC(C(=O)O)CC2. The molecule has 0 saturated carbocycles. The molecule has 21 heavy (non-hydrogen) atoms. The fourth-order valence-electron chi connectivity index (χ4n) is 3.57. The molecule has 0 aromatic carbocycles. The summed E-state index contributed by atoms with van der Waals surface area (Å²) in [5, 5.41) is 13.7. The highest BCUT2D eigenvalue weighted by Gasteiger charge is 2.28. The molecule has 1 saturated heterocycles. The van der Waals surface area contributed by atoms with Gasteiger partial charge in [0.2, 0.25) is 0 Å². The van der Waals surface area contributed by atoms with Crippen molar-refractivity contribution in [3.63, 3.8) is 0 Å². The number of aromatic nitrogens is 3. The van der Waals surface area contributed by atoms with Gasteiger partial charge in [0.15, 0.2) is 5.82 Å². The Morgan fingerprint density at radius 2 is 2.24 bits per heavy atom. The minimum absolute atomic E-state index is 0.311. The molecule has 2 unspecified atom stereocenters. The molecule has 1 aromatic rings. The van der Waals surface area contributed by atoms with Crippen LogP contribution >= 0.6 is 0 Å². The lowest BCUT2D eigenvalue weighted by atomic mass is 9.99. The first-order chi connectivity index (χ1) is 10.2. The molecule has 0 bridgehead atoms. The van der Waals surface area contributed by atoms with Crippen LogP contribution in [0.5, 0.6) is 0 Å². The van der Waals surface area contributed by atoms with E-state index in [9.17, 15) is 4.79 Å². The molecule has 1 aromatic heterocycles. The molecular weight excluding hydrogens is 268 g/mol. The molecule has 2 aliphatic heterocycles. The van der Waals surface area contributed by atoms with E-state index in [1.807, 2.05) is 4.68 Å². The molecule has 3 rings (SSSR count).